The van der Waals surface area contributed by atoms with Gasteiger partial charge in [-0.15, -0.1) is 0 Å². The van der Waals surface area contributed by atoms with E-state index in [2.05, 4.69) is 15.1 Å². The van der Waals surface area contributed by atoms with Crippen LogP contribution in [0.15, 0.2) is 0 Å². The third-order valence-corrected chi connectivity index (χ3v) is 9.69. The van der Waals surface area contributed by atoms with E-state index in [0.717, 1.165) is 57.1 Å². The first-order chi connectivity index (χ1) is 15.0. The van der Waals surface area contributed by atoms with Gasteiger partial charge in [0.15, 0.2) is 0 Å². The van der Waals surface area contributed by atoms with E-state index in [0.29, 0.717) is 29.7 Å². The van der Waals surface area contributed by atoms with Crippen molar-refractivity contribution in [3.8, 4) is 0 Å². The van der Waals surface area contributed by atoms with Crippen molar-refractivity contribution in [2.75, 3.05) is 52.6 Å². The molecule has 0 spiro atoms. The molecule has 3 saturated heterocycles. The van der Waals surface area contributed by atoms with Gasteiger partial charge in [-0.3, -0.25) is 4.79 Å². The standard InChI is InChI=1S/C24H42N4O2S/c1-26(2)15-11-25-24(30)27-13-9-19(10-14-27)22-16-20(17-31-22)23(29)28-12-5-7-18-6-3-4-8-21(18)28/h18-22H,3-17H2,1-2H3,(H,25,30). The second kappa shape index (κ2) is 10.8. The van der Waals surface area contributed by atoms with Gasteiger partial charge < -0.3 is 20.0 Å². The van der Waals surface area contributed by atoms with Crippen molar-refractivity contribution in [3.05, 3.63) is 0 Å². The lowest BCUT2D eigenvalue weighted by atomic mass is 9.78. The first-order valence-electron chi connectivity index (χ1n) is 12.6. The largest absolute Gasteiger partial charge is 0.339 e. The third-order valence-electron chi connectivity index (χ3n) is 8.09. The minimum absolute atomic E-state index is 0.0829. The average molecular weight is 451 g/mol. The Hall–Kier alpha value is -0.950. The van der Waals surface area contributed by atoms with E-state index in [4.69, 9.17) is 0 Å². The van der Waals surface area contributed by atoms with Gasteiger partial charge in [-0.1, -0.05) is 12.8 Å². The van der Waals surface area contributed by atoms with Crippen LogP contribution in [0, 0.1) is 17.8 Å². The Morgan fingerprint density at radius 3 is 2.48 bits per heavy atom. The van der Waals surface area contributed by atoms with E-state index in [1.165, 1.54) is 38.5 Å². The zero-order chi connectivity index (χ0) is 21.8. The zero-order valence-corrected chi connectivity index (χ0v) is 20.4. The summed E-state index contributed by atoms with van der Waals surface area (Å²) in [6.07, 6.45) is 11.0. The monoisotopic (exact) mass is 450 g/mol. The van der Waals surface area contributed by atoms with Crippen LogP contribution < -0.4 is 5.32 Å². The normalized spacial score (nSPS) is 32.2. The van der Waals surface area contributed by atoms with E-state index in [1.54, 1.807) is 0 Å². The summed E-state index contributed by atoms with van der Waals surface area (Å²) in [6.45, 7) is 4.27. The van der Waals surface area contributed by atoms with Gasteiger partial charge in [0, 0.05) is 55.7 Å². The number of likely N-dealkylation sites (N-methyl/N-ethyl adjacent to an activating group) is 1. The Kier molecular flexibility index (Phi) is 8.07. The van der Waals surface area contributed by atoms with Gasteiger partial charge in [0.25, 0.3) is 0 Å². The van der Waals surface area contributed by atoms with Crippen LogP contribution >= 0.6 is 11.8 Å². The molecule has 0 aromatic rings. The first-order valence-corrected chi connectivity index (χ1v) is 13.7. The molecule has 4 atom stereocenters. The zero-order valence-electron chi connectivity index (χ0n) is 19.6. The lowest BCUT2D eigenvalue weighted by Crippen LogP contribution is -2.51. The smallest absolute Gasteiger partial charge is 0.317 e. The molecule has 4 fully saturated rings. The maximum atomic E-state index is 13.4. The predicted octanol–water partition coefficient (Wildman–Crippen LogP) is 3.27. The highest BCUT2D eigenvalue weighted by Gasteiger charge is 2.42. The molecule has 4 rings (SSSR count). The molecule has 0 radical (unpaired) electrons. The molecule has 4 aliphatic rings. The molecule has 3 amide bonds. The molecule has 6 nitrogen and oxygen atoms in total. The number of hydrogen-bond acceptors (Lipinski definition) is 4. The summed E-state index contributed by atoms with van der Waals surface area (Å²) in [7, 11) is 4.04. The molecule has 0 aromatic carbocycles. The minimum atomic E-state index is 0.0829. The van der Waals surface area contributed by atoms with Gasteiger partial charge in [-0.25, -0.2) is 4.79 Å². The Balaban J connectivity index is 1.22. The van der Waals surface area contributed by atoms with Crippen molar-refractivity contribution in [1.82, 2.24) is 20.0 Å². The molecular weight excluding hydrogens is 408 g/mol. The fraction of sp³-hybridized carbons (Fsp3) is 0.917. The van der Waals surface area contributed by atoms with Gasteiger partial charge >= 0.3 is 6.03 Å². The van der Waals surface area contributed by atoms with Crippen LogP contribution in [0.25, 0.3) is 0 Å². The lowest BCUT2D eigenvalue weighted by molar-refractivity contribution is -0.141. The van der Waals surface area contributed by atoms with Crippen LogP contribution in [-0.4, -0.2) is 90.5 Å². The summed E-state index contributed by atoms with van der Waals surface area (Å²) in [5.74, 6) is 3.11. The molecule has 3 aliphatic heterocycles. The quantitative estimate of drug-likeness (QED) is 0.698. The maximum absolute atomic E-state index is 13.4. The van der Waals surface area contributed by atoms with Crippen LogP contribution in [-0.2, 0) is 4.79 Å². The van der Waals surface area contributed by atoms with E-state index in [-0.39, 0.29) is 11.9 Å². The van der Waals surface area contributed by atoms with Crippen molar-refractivity contribution >= 4 is 23.7 Å². The van der Waals surface area contributed by atoms with Gasteiger partial charge in [-0.2, -0.15) is 11.8 Å². The second-order valence-corrected chi connectivity index (χ2v) is 11.7. The highest BCUT2D eigenvalue weighted by molar-refractivity contribution is 8.00. The molecule has 0 aromatic heterocycles. The highest BCUT2D eigenvalue weighted by Crippen LogP contribution is 2.42. The van der Waals surface area contributed by atoms with Crippen molar-refractivity contribution in [2.24, 2.45) is 17.8 Å². The molecule has 7 heteroatoms. The molecule has 3 heterocycles. The first kappa shape index (κ1) is 23.2. The van der Waals surface area contributed by atoms with Gasteiger partial charge in [-0.05, 0) is 70.9 Å². The lowest BCUT2D eigenvalue weighted by Gasteiger charge is -2.45. The number of piperidine rings is 2. The molecule has 176 valence electrons. The number of nitrogens with one attached hydrogen (secondary N) is 1. The number of carbonyl (C=O) groups excluding carboxylic acids is 2. The third kappa shape index (κ3) is 5.70. The summed E-state index contributed by atoms with van der Waals surface area (Å²) < 4.78 is 0. The van der Waals surface area contributed by atoms with Crippen LogP contribution in [0.5, 0.6) is 0 Å². The number of fused-ring (bicyclic) bond motifs is 1. The fourth-order valence-electron chi connectivity index (χ4n) is 6.26. The topological polar surface area (TPSA) is 55.9 Å². The molecule has 1 aliphatic carbocycles. The molecule has 1 N–H and O–H groups in total. The number of amides is 3. The molecular formula is C24H42N4O2S. The Morgan fingerprint density at radius 2 is 1.71 bits per heavy atom. The van der Waals surface area contributed by atoms with E-state index < -0.39 is 0 Å². The summed E-state index contributed by atoms with van der Waals surface area (Å²) in [6, 6.07) is 0.618. The summed E-state index contributed by atoms with van der Waals surface area (Å²) in [5.41, 5.74) is 0. The minimum Gasteiger partial charge on any atom is -0.339 e. The molecule has 1 saturated carbocycles. The van der Waals surface area contributed by atoms with E-state index in [1.807, 2.05) is 30.8 Å². The Labute approximate surface area is 192 Å². The molecule has 31 heavy (non-hydrogen) atoms. The van der Waals surface area contributed by atoms with Crippen molar-refractivity contribution < 1.29 is 9.59 Å². The number of thioether (sulfide) groups is 1. The van der Waals surface area contributed by atoms with Crippen LogP contribution in [0.1, 0.15) is 57.8 Å². The fourth-order valence-corrected chi connectivity index (χ4v) is 7.93. The highest BCUT2D eigenvalue weighted by atomic mass is 32.2. The number of carbonyl (C=O) groups is 2. The average Bonchev–Trinajstić information content (AvgIpc) is 3.28. The Morgan fingerprint density at radius 1 is 0.968 bits per heavy atom. The number of rotatable bonds is 5. The number of urea groups is 1. The molecule has 4 unspecified atom stereocenters. The predicted molar refractivity (Wildman–Crippen MR) is 127 cm³/mol. The van der Waals surface area contributed by atoms with Crippen molar-refractivity contribution in [2.45, 2.75) is 69.1 Å². The summed E-state index contributed by atoms with van der Waals surface area (Å²) >= 11 is 2.03. The van der Waals surface area contributed by atoms with Crippen LogP contribution in [0.3, 0.4) is 0 Å². The van der Waals surface area contributed by atoms with Gasteiger partial charge in [0.1, 0.15) is 0 Å². The summed E-state index contributed by atoms with van der Waals surface area (Å²) in [5, 5.41) is 3.64. The van der Waals surface area contributed by atoms with Gasteiger partial charge in [0.2, 0.25) is 5.91 Å². The SMILES string of the molecule is CN(C)CCNC(=O)N1CCC(C2CC(C(=O)N3CCCC4CCCCC43)CS2)CC1. The Bertz CT molecular complexity index is 621. The van der Waals surface area contributed by atoms with E-state index in [9.17, 15) is 9.59 Å². The van der Waals surface area contributed by atoms with Crippen molar-refractivity contribution in [1.29, 1.82) is 0 Å². The number of nitrogens with zero attached hydrogens (tertiary/aromatic N) is 3. The second-order valence-electron chi connectivity index (χ2n) is 10.4. The number of hydrogen-bond donors (Lipinski definition) is 1. The van der Waals surface area contributed by atoms with Gasteiger partial charge in [0.05, 0.1) is 0 Å². The van der Waals surface area contributed by atoms with Crippen molar-refractivity contribution in [3.63, 3.8) is 0 Å². The number of likely N-dealkylation sites (tertiary alicyclic amines) is 2. The van der Waals surface area contributed by atoms with E-state index >= 15 is 0 Å². The van der Waals surface area contributed by atoms with Crippen LogP contribution in [0.2, 0.25) is 0 Å². The molecule has 0 bridgehead atoms. The maximum Gasteiger partial charge on any atom is 0.317 e. The van der Waals surface area contributed by atoms with Crippen LogP contribution in [0.4, 0.5) is 4.79 Å². The summed E-state index contributed by atoms with van der Waals surface area (Å²) in [4.78, 5) is 32.2.